The van der Waals surface area contributed by atoms with E-state index in [4.69, 9.17) is 10.2 Å². The number of hydrogen-bond acceptors (Lipinski definition) is 2. The van der Waals surface area contributed by atoms with Gasteiger partial charge < -0.3 is 10.2 Å². The second-order valence-electron chi connectivity index (χ2n) is 4.02. The number of aliphatic hydroxyl groups excluding tert-OH is 1. The summed E-state index contributed by atoms with van der Waals surface area (Å²) in [5, 5.41) is 16.9. The lowest BCUT2D eigenvalue weighted by Gasteiger charge is -2.04. The molecule has 0 saturated carbocycles. The van der Waals surface area contributed by atoms with Gasteiger partial charge >= 0.3 is 5.97 Å². The molecule has 0 heterocycles. The first kappa shape index (κ1) is 14.0. The number of carbonyl (C=O) groups is 1. The first-order valence-corrected chi connectivity index (χ1v) is 5.69. The second kappa shape index (κ2) is 9.56. The number of aliphatic carboxylic acids is 1. The Hall–Kier alpha value is -0.990. The van der Waals surface area contributed by atoms with Gasteiger partial charge in [0.1, 0.15) is 0 Å². The van der Waals surface area contributed by atoms with Crippen LogP contribution in [0.2, 0.25) is 0 Å². The molecule has 0 saturated heterocycles. The Balaban J connectivity index is 3.14. The Kier molecular flexibility index (Phi) is 8.93. The lowest BCUT2D eigenvalue weighted by Crippen LogP contribution is -1.94. The van der Waals surface area contributed by atoms with E-state index in [1.54, 1.807) is 6.08 Å². The van der Waals surface area contributed by atoms with Crippen molar-refractivity contribution in [3.8, 4) is 0 Å². The van der Waals surface area contributed by atoms with Gasteiger partial charge in [0.05, 0.1) is 6.26 Å². The zero-order valence-electron chi connectivity index (χ0n) is 9.48. The maximum Gasteiger partial charge on any atom is 0.303 e. The molecule has 2 N–H and O–H groups in total. The van der Waals surface area contributed by atoms with Crippen molar-refractivity contribution in [3.05, 3.63) is 12.3 Å². The highest BCUT2D eigenvalue weighted by atomic mass is 16.4. The molecule has 0 rings (SSSR count). The molecule has 0 radical (unpaired) electrons. The SMILES string of the molecule is CC(C=CO)CCCCCCCC(=O)O. The molecule has 0 spiro atoms. The quantitative estimate of drug-likeness (QED) is 0.456. The summed E-state index contributed by atoms with van der Waals surface area (Å²) < 4.78 is 0. The smallest absolute Gasteiger partial charge is 0.303 e. The fourth-order valence-electron chi connectivity index (χ4n) is 1.52. The van der Waals surface area contributed by atoms with E-state index in [1.807, 2.05) is 0 Å². The Morgan fingerprint density at radius 1 is 1.20 bits per heavy atom. The molecule has 0 aromatic carbocycles. The molecule has 3 heteroatoms. The van der Waals surface area contributed by atoms with Crippen molar-refractivity contribution in [1.29, 1.82) is 0 Å². The molecule has 0 aromatic heterocycles. The third kappa shape index (κ3) is 10.9. The van der Waals surface area contributed by atoms with Gasteiger partial charge in [-0.05, 0) is 24.8 Å². The monoisotopic (exact) mass is 214 g/mol. The summed E-state index contributed by atoms with van der Waals surface area (Å²) in [5.74, 6) is -0.259. The molecule has 15 heavy (non-hydrogen) atoms. The van der Waals surface area contributed by atoms with E-state index in [2.05, 4.69) is 6.92 Å². The van der Waals surface area contributed by atoms with Crippen LogP contribution in [-0.2, 0) is 4.79 Å². The molecule has 1 atom stereocenters. The number of aliphatic hydroxyl groups is 1. The fraction of sp³-hybridized carbons (Fsp3) is 0.750. The number of allylic oxidation sites excluding steroid dienone is 1. The summed E-state index contributed by atoms with van der Waals surface area (Å²) in [4.78, 5) is 10.2. The van der Waals surface area contributed by atoms with Crippen LogP contribution in [0.15, 0.2) is 12.3 Å². The predicted octanol–water partition coefficient (Wildman–Crippen LogP) is 3.51. The first-order valence-electron chi connectivity index (χ1n) is 5.69. The topological polar surface area (TPSA) is 57.5 Å². The van der Waals surface area contributed by atoms with E-state index in [-0.39, 0.29) is 0 Å². The van der Waals surface area contributed by atoms with Gasteiger partial charge in [-0.2, -0.15) is 0 Å². The van der Waals surface area contributed by atoms with E-state index in [0.717, 1.165) is 44.8 Å². The van der Waals surface area contributed by atoms with Crippen molar-refractivity contribution in [2.24, 2.45) is 5.92 Å². The van der Waals surface area contributed by atoms with Crippen molar-refractivity contribution in [2.45, 2.75) is 51.9 Å². The largest absolute Gasteiger partial charge is 0.516 e. The van der Waals surface area contributed by atoms with E-state index >= 15 is 0 Å². The van der Waals surface area contributed by atoms with E-state index in [9.17, 15) is 4.79 Å². The zero-order chi connectivity index (χ0) is 11.5. The molecule has 0 amide bonds. The van der Waals surface area contributed by atoms with Gasteiger partial charge in [0, 0.05) is 6.42 Å². The highest BCUT2D eigenvalue weighted by Gasteiger charge is 1.98. The molecular formula is C12H22O3. The van der Waals surface area contributed by atoms with Crippen LogP contribution < -0.4 is 0 Å². The minimum Gasteiger partial charge on any atom is -0.516 e. The number of unbranched alkanes of at least 4 members (excludes halogenated alkanes) is 4. The van der Waals surface area contributed by atoms with Gasteiger partial charge in [-0.1, -0.05) is 32.6 Å². The maximum atomic E-state index is 10.2. The summed E-state index contributed by atoms with van der Waals surface area (Å²) in [6, 6.07) is 0. The van der Waals surface area contributed by atoms with Crippen LogP contribution in [0.25, 0.3) is 0 Å². The van der Waals surface area contributed by atoms with Gasteiger partial charge in [0.25, 0.3) is 0 Å². The molecule has 1 unspecified atom stereocenters. The molecule has 0 aromatic rings. The Labute approximate surface area is 91.8 Å². The summed E-state index contributed by atoms with van der Waals surface area (Å²) in [6.45, 7) is 2.08. The van der Waals surface area contributed by atoms with Crippen molar-refractivity contribution < 1.29 is 15.0 Å². The van der Waals surface area contributed by atoms with E-state index in [1.165, 1.54) is 0 Å². The Bertz CT molecular complexity index is 187. The van der Waals surface area contributed by atoms with Crippen LogP contribution in [0, 0.1) is 5.92 Å². The van der Waals surface area contributed by atoms with Gasteiger partial charge in [0.2, 0.25) is 0 Å². The fourth-order valence-corrected chi connectivity index (χ4v) is 1.52. The normalized spacial score (nSPS) is 13.1. The number of rotatable bonds is 9. The first-order chi connectivity index (χ1) is 7.16. The molecule has 3 nitrogen and oxygen atoms in total. The van der Waals surface area contributed by atoms with Crippen LogP contribution in [0.1, 0.15) is 51.9 Å². The number of carboxylic acids is 1. The summed E-state index contributed by atoms with van der Waals surface area (Å²) >= 11 is 0. The van der Waals surface area contributed by atoms with Gasteiger partial charge in [-0.15, -0.1) is 0 Å². The predicted molar refractivity (Wildman–Crippen MR) is 60.9 cm³/mol. The highest BCUT2D eigenvalue weighted by Crippen LogP contribution is 2.12. The lowest BCUT2D eigenvalue weighted by atomic mass is 10.0. The van der Waals surface area contributed by atoms with E-state index < -0.39 is 5.97 Å². The van der Waals surface area contributed by atoms with Crippen LogP contribution in [0.4, 0.5) is 0 Å². The Morgan fingerprint density at radius 2 is 1.80 bits per heavy atom. The maximum absolute atomic E-state index is 10.2. The third-order valence-electron chi connectivity index (χ3n) is 2.46. The minimum absolute atomic E-state index is 0.295. The molecule has 0 aliphatic heterocycles. The van der Waals surface area contributed by atoms with Gasteiger partial charge in [-0.3, -0.25) is 4.79 Å². The summed E-state index contributed by atoms with van der Waals surface area (Å²) in [5.41, 5.74) is 0. The van der Waals surface area contributed by atoms with Crippen molar-refractivity contribution in [2.75, 3.05) is 0 Å². The molecule has 0 aliphatic rings. The lowest BCUT2D eigenvalue weighted by molar-refractivity contribution is -0.137. The summed E-state index contributed by atoms with van der Waals surface area (Å²) in [7, 11) is 0. The second-order valence-corrected chi connectivity index (χ2v) is 4.02. The highest BCUT2D eigenvalue weighted by molar-refractivity contribution is 5.66. The molecule has 0 fully saturated rings. The van der Waals surface area contributed by atoms with Gasteiger partial charge in [-0.25, -0.2) is 0 Å². The van der Waals surface area contributed by atoms with E-state index in [0.29, 0.717) is 12.3 Å². The molecule has 88 valence electrons. The average Bonchev–Trinajstić information content (AvgIpc) is 2.16. The van der Waals surface area contributed by atoms with Gasteiger partial charge in [0.15, 0.2) is 0 Å². The van der Waals surface area contributed by atoms with Crippen molar-refractivity contribution in [3.63, 3.8) is 0 Å². The number of hydrogen-bond donors (Lipinski definition) is 2. The van der Waals surface area contributed by atoms with Crippen LogP contribution in [-0.4, -0.2) is 16.2 Å². The molecule has 0 aliphatic carbocycles. The van der Waals surface area contributed by atoms with Crippen LogP contribution in [0.3, 0.4) is 0 Å². The van der Waals surface area contributed by atoms with Crippen molar-refractivity contribution in [1.82, 2.24) is 0 Å². The standard InChI is InChI=1S/C12H22O3/c1-11(9-10-13)7-5-3-2-4-6-8-12(14)15/h9-11,13H,2-8H2,1H3,(H,14,15). The zero-order valence-corrected chi connectivity index (χ0v) is 9.48. The van der Waals surface area contributed by atoms with Crippen LogP contribution in [0.5, 0.6) is 0 Å². The molecular weight excluding hydrogens is 192 g/mol. The average molecular weight is 214 g/mol. The molecule has 0 bridgehead atoms. The van der Waals surface area contributed by atoms with Crippen molar-refractivity contribution >= 4 is 5.97 Å². The minimum atomic E-state index is -0.697. The van der Waals surface area contributed by atoms with Crippen LogP contribution >= 0.6 is 0 Å². The summed E-state index contributed by atoms with van der Waals surface area (Å²) in [6.07, 6.45) is 9.52. The Morgan fingerprint density at radius 3 is 2.40 bits per heavy atom. The number of carboxylic acid groups (broad SMARTS) is 1. The third-order valence-corrected chi connectivity index (χ3v) is 2.46.